The van der Waals surface area contributed by atoms with E-state index < -0.39 is 5.92 Å². The molecule has 0 fully saturated rings. The van der Waals surface area contributed by atoms with E-state index in [-0.39, 0.29) is 17.9 Å². The number of hydrogen-bond acceptors (Lipinski definition) is 6. The number of fused-ring (bicyclic) bond motifs is 1. The summed E-state index contributed by atoms with van der Waals surface area (Å²) in [7, 11) is 4.92. The number of para-hydroxylation sites is 1. The van der Waals surface area contributed by atoms with E-state index in [1.807, 2.05) is 44.3 Å². The number of methoxy groups -OCH3 is 2. The van der Waals surface area contributed by atoms with Crippen molar-refractivity contribution in [3.63, 3.8) is 0 Å². The maximum atomic E-state index is 13.2. The molecule has 2 heterocycles. The average molecular weight is 452 g/mol. The first kappa shape index (κ1) is 22.0. The molecule has 1 aromatic heterocycles. The van der Waals surface area contributed by atoms with Gasteiger partial charge < -0.3 is 19.4 Å². The topological polar surface area (TPSA) is 82.5 Å². The molecule has 1 aliphatic heterocycles. The minimum atomic E-state index is -0.481. The van der Waals surface area contributed by atoms with Crippen LogP contribution in [0.2, 0.25) is 0 Å². The van der Waals surface area contributed by atoms with Gasteiger partial charge in [0.05, 0.1) is 19.8 Å². The second kappa shape index (κ2) is 9.08. The van der Waals surface area contributed by atoms with Gasteiger partial charge >= 0.3 is 0 Å². The molecule has 3 aromatic rings. The minimum Gasteiger partial charge on any atom is -0.493 e. The zero-order chi connectivity index (χ0) is 22.8. The number of nitrogens with zero attached hydrogens (tertiary/aromatic N) is 2. The van der Waals surface area contributed by atoms with Crippen LogP contribution in [-0.4, -0.2) is 29.7 Å². The highest BCUT2D eigenvalue weighted by atomic mass is 32.2. The summed E-state index contributed by atoms with van der Waals surface area (Å²) in [6, 6.07) is 13.7. The summed E-state index contributed by atoms with van der Waals surface area (Å²) >= 11 is 1.46. The van der Waals surface area contributed by atoms with Gasteiger partial charge in [0.1, 0.15) is 5.82 Å². The molecule has 8 heteroatoms. The highest BCUT2D eigenvalue weighted by molar-refractivity contribution is 7.98. The lowest BCUT2D eigenvalue weighted by atomic mass is 9.86. The number of aryl methyl sites for hydroxylation is 1. The van der Waals surface area contributed by atoms with Crippen molar-refractivity contribution in [2.45, 2.75) is 30.2 Å². The number of anilines is 1. The van der Waals surface area contributed by atoms with Gasteiger partial charge in [0.15, 0.2) is 16.7 Å². The molecule has 0 aliphatic carbocycles. The summed E-state index contributed by atoms with van der Waals surface area (Å²) in [5, 5.41) is 3.43. The Kier molecular flexibility index (Phi) is 6.23. The van der Waals surface area contributed by atoms with Crippen LogP contribution in [-0.2, 0) is 17.6 Å². The van der Waals surface area contributed by atoms with Crippen molar-refractivity contribution >= 4 is 23.5 Å². The van der Waals surface area contributed by atoms with Crippen molar-refractivity contribution in [1.29, 1.82) is 0 Å². The lowest BCUT2D eigenvalue weighted by Gasteiger charge is -2.28. The zero-order valence-corrected chi connectivity index (χ0v) is 19.3. The standard InChI is InChI=1S/C24H25N3O4S/c1-14-7-5-8-15(11-14)13-32-24-26-23(29)20-17(12-19(28)25-22(20)27(24)2)16-9-6-10-18(30-3)21(16)31-4/h5-11,17H,12-13H2,1-4H3,(H,25,28). The number of rotatable bonds is 6. The third-order valence-corrected chi connectivity index (χ3v) is 6.66. The van der Waals surface area contributed by atoms with Gasteiger partial charge in [-0.15, -0.1) is 0 Å². The van der Waals surface area contributed by atoms with Crippen molar-refractivity contribution in [3.8, 4) is 11.5 Å². The number of carbonyl (C=O) groups excluding carboxylic acids is 1. The number of aromatic nitrogens is 2. The molecule has 0 saturated heterocycles. The second-order valence-electron chi connectivity index (χ2n) is 7.69. The molecule has 7 nitrogen and oxygen atoms in total. The Morgan fingerprint density at radius 3 is 2.66 bits per heavy atom. The molecule has 0 radical (unpaired) electrons. The molecule has 0 saturated carbocycles. The SMILES string of the molecule is COc1cccc(C2CC(=O)Nc3c2c(=O)nc(SCc2cccc(C)c2)n3C)c1OC. The Hall–Kier alpha value is -3.26. The second-order valence-corrected chi connectivity index (χ2v) is 8.63. The third-order valence-electron chi connectivity index (χ3n) is 5.56. The van der Waals surface area contributed by atoms with Crippen LogP contribution in [0.3, 0.4) is 0 Å². The maximum absolute atomic E-state index is 13.2. The highest BCUT2D eigenvalue weighted by Crippen LogP contribution is 2.43. The molecule has 0 bridgehead atoms. The van der Waals surface area contributed by atoms with Crippen LogP contribution in [0.25, 0.3) is 0 Å². The Bertz CT molecular complexity index is 1240. The molecule has 32 heavy (non-hydrogen) atoms. The number of thioether (sulfide) groups is 1. The van der Waals surface area contributed by atoms with E-state index in [0.29, 0.717) is 33.8 Å². The van der Waals surface area contributed by atoms with Crippen LogP contribution in [0.15, 0.2) is 52.4 Å². The van der Waals surface area contributed by atoms with Crippen LogP contribution in [0, 0.1) is 6.92 Å². The number of ether oxygens (including phenoxy) is 2. The van der Waals surface area contributed by atoms with E-state index in [9.17, 15) is 9.59 Å². The smallest absolute Gasteiger partial charge is 0.279 e. The predicted octanol–water partition coefficient (Wildman–Crippen LogP) is 3.87. The Labute approximate surface area is 190 Å². The van der Waals surface area contributed by atoms with Gasteiger partial charge in [0.25, 0.3) is 5.56 Å². The fourth-order valence-electron chi connectivity index (χ4n) is 4.07. The normalized spacial score (nSPS) is 15.1. The molecule has 1 atom stereocenters. The number of hydrogen-bond donors (Lipinski definition) is 1. The Morgan fingerprint density at radius 1 is 1.16 bits per heavy atom. The molecule has 1 unspecified atom stereocenters. The molecule has 0 spiro atoms. The summed E-state index contributed by atoms with van der Waals surface area (Å²) in [4.78, 5) is 30.2. The maximum Gasteiger partial charge on any atom is 0.279 e. The van der Waals surface area contributed by atoms with Gasteiger partial charge in [-0.2, -0.15) is 4.98 Å². The fraction of sp³-hybridized carbons (Fsp3) is 0.292. The van der Waals surface area contributed by atoms with Crippen LogP contribution in [0.5, 0.6) is 11.5 Å². The average Bonchev–Trinajstić information content (AvgIpc) is 2.79. The van der Waals surface area contributed by atoms with E-state index in [1.165, 1.54) is 17.3 Å². The summed E-state index contributed by atoms with van der Waals surface area (Å²) in [5.41, 5.74) is 3.16. The van der Waals surface area contributed by atoms with Crippen molar-refractivity contribution in [1.82, 2.24) is 9.55 Å². The number of benzene rings is 2. The van der Waals surface area contributed by atoms with Crippen LogP contribution < -0.4 is 20.3 Å². The number of nitrogens with one attached hydrogen (secondary N) is 1. The van der Waals surface area contributed by atoms with Crippen LogP contribution in [0.1, 0.15) is 34.6 Å². The zero-order valence-electron chi connectivity index (χ0n) is 18.5. The summed E-state index contributed by atoms with van der Waals surface area (Å²) in [5.74, 6) is 1.56. The van der Waals surface area contributed by atoms with Gasteiger partial charge in [0.2, 0.25) is 5.91 Å². The van der Waals surface area contributed by atoms with Gasteiger partial charge in [-0.25, -0.2) is 0 Å². The third kappa shape index (κ3) is 4.10. The van der Waals surface area contributed by atoms with E-state index in [0.717, 1.165) is 11.1 Å². The lowest BCUT2D eigenvalue weighted by Crippen LogP contribution is -2.33. The van der Waals surface area contributed by atoms with E-state index in [4.69, 9.17) is 9.47 Å². The van der Waals surface area contributed by atoms with Crippen LogP contribution in [0.4, 0.5) is 5.82 Å². The van der Waals surface area contributed by atoms with Gasteiger partial charge in [-0.05, 0) is 18.6 Å². The molecule has 2 aromatic carbocycles. The summed E-state index contributed by atoms with van der Waals surface area (Å²) in [6.45, 7) is 2.05. The van der Waals surface area contributed by atoms with E-state index in [2.05, 4.69) is 16.4 Å². The van der Waals surface area contributed by atoms with Crippen molar-refractivity contribution < 1.29 is 14.3 Å². The van der Waals surface area contributed by atoms with Gasteiger partial charge in [0, 0.05) is 30.7 Å². The monoisotopic (exact) mass is 451 g/mol. The molecular formula is C24H25N3O4S. The molecule has 4 rings (SSSR count). The van der Waals surface area contributed by atoms with E-state index >= 15 is 0 Å². The minimum absolute atomic E-state index is 0.128. The van der Waals surface area contributed by atoms with Gasteiger partial charge in [-0.1, -0.05) is 53.7 Å². The van der Waals surface area contributed by atoms with Crippen LogP contribution >= 0.6 is 11.8 Å². The molecule has 1 N–H and O–H groups in total. The number of amides is 1. The first-order valence-corrected chi connectivity index (χ1v) is 11.2. The Balaban J connectivity index is 1.76. The predicted molar refractivity (Wildman–Crippen MR) is 125 cm³/mol. The number of carbonyl (C=O) groups is 1. The van der Waals surface area contributed by atoms with Gasteiger partial charge in [-0.3, -0.25) is 9.59 Å². The highest BCUT2D eigenvalue weighted by Gasteiger charge is 2.34. The Morgan fingerprint density at radius 2 is 1.94 bits per heavy atom. The van der Waals surface area contributed by atoms with Crippen molar-refractivity contribution in [2.75, 3.05) is 19.5 Å². The summed E-state index contributed by atoms with van der Waals surface area (Å²) in [6.07, 6.45) is 0.128. The fourth-order valence-corrected chi connectivity index (χ4v) is 4.97. The molecular weight excluding hydrogens is 426 g/mol. The first-order valence-electron chi connectivity index (χ1n) is 10.2. The lowest BCUT2D eigenvalue weighted by molar-refractivity contribution is -0.116. The van der Waals surface area contributed by atoms with Crippen molar-refractivity contribution in [2.24, 2.45) is 7.05 Å². The van der Waals surface area contributed by atoms with Crippen molar-refractivity contribution in [3.05, 3.63) is 75.1 Å². The molecule has 1 aliphatic rings. The molecule has 166 valence electrons. The van der Waals surface area contributed by atoms with E-state index in [1.54, 1.807) is 24.9 Å². The quantitative estimate of drug-likeness (QED) is 0.453. The molecule has 1 amide bonds. The first-order chi connectivity index (χ1) is 15.4. The largest absolute Gasteiger partial charge is 0.493 e. The summed E-state index contributed by atoms with van der Waals surface area (Å²) < 4.78 is 12.8.